The van der Waals surface area contributed by atoms with Crippen molar-refractivity contribution in [1.82, 2.24) is 0 Å². The molecule has 0 spiro atoms. The molecule has 0 amide bonds. The Morgan fingerprint density at radius 1 is 0.895 bits per heavy atom. The molecule has 0 unspecified atom stereocenters. The first-order valence-corrected chi connectivity index (χ1v) is 5.94. The fourth-order valence-corrected chi connectivity index (χ4v) is 1.51. The van der Waals surface area contributed by atoms with Crippen LogP contribution in [0.1, 0.15) is 11.1 Å². The van der Waals surface area contributed by atoms with E-state index in [1.165, 1.54) is 24.3 Å². The lowest BCUT2D eigenvalue weighted by molar-refractivity contribution is 0.474. The van der Waals surface area contributed by atoms with Gasteiger partial charge in [-0.3, -0.25) is 0 Å². The average molecular weight is 317 g/mol. The maximum atomic E-state index is 8.90. The van der Waals surface area contributed by atoms with Crippen LogP contribution in [-0.2, 0) is 0 Å². The van der Waals surface area contributed by atoms with Gasteiger partial charge in [-0.2, -0.15) is 10.5 Å². The molecule has 0 fully saturated rings. The predicted molar refractivity (Wildman–Crippen MR) is 73.3 cm³/mol. The summed E-state index contributed by atoms with van der Waals surface area (Å²) in [5, 5.41) is 34.4. The number of phenols is 2. The van der Waals surface area contributed by atoms with Crippen molar-refractivity contribution in [1.29, 1.82) is 10.5 Å². The van der Waals surface area contributed by atoms with Gasteiger partial charge in [-0.25, -0.2) is 0 Å². The van der Waals surface area contributed by atoms with Crippen LogP contribution in [0.4, 0.5) is 0 Å². The van der Waals surface area contributed by atoms with E-state index in [1.807, 2.05) is 12.1 Å². The molecule has 0 radical (unpaired) electrons. The van der Waals surface area contributed by atoms with E-state index in [1.54, 1.807) is 18.2 Å². The van der Waals surface area contributed by atoms with Crippen LogP contribution in [-0.4, -0.2) is 10.2 Å². The van der Waals surface area contributed by atoms with E-state index < -0.39 is 0 Å². The standard InChI is InChI=1S/C7H4BrNO.C7H5NO/c8-7-2-1-6(10)3-5(7)4-9;8-5-6-2-1-3-7(9)4-6/h1-3,10H;1-4,9H. The fourth-order valence-electron chi connectivity index (χ4n) is 1.17. The number of benzene rings is 2. The molecule has 0 bridgehead atoms. The molecule has 0 aromatic heterocycles. The molecule has 0 saturated carbocycles. The molecule has 0 saturated heterocycles. The van der Waals surface area contributed by atoms with Gasteiger partial charge in [0.15, 0.2) is 0 Å². The highest BCUT2D eigenvalue weighted by Gasteiger charge is 1.97. The second kappa shape index (κ2) is 7.05. The van der Waals surface area contributed by atoms with Gasteiger partial charge in [-0.15, -0.1) is 0 Å². The summed E-state index contributed by atoms with van der Waals surface area (Å²) in [6.07, 6.45) is 0. The molecule has 0 atom stereocenters. The predicted octanol–water partition coefficient (Wildman–Crippen LogP) is 3.29. The molecule has 0 aliphatic rings. The highest BCUT2D eigenvalue weighted by atomic mass is 79.9. The summed E-state index contributed by atoms with van der Waals surface area (Å²) in [4.78, 5) is 0. The van der Waals surface area contributed by atoms with Crippen LogP contribution in [0, 0.1) is 22.7 Å². The van der Waals surface area contributed by atoms with Crippen molar-refractivity contribution in [3.05, 3.63) is 58.1 Å². The van der Waals surface area contributed by atoms with Crippen molar-refractivity contribution in [3.63, 3.8) is 0 Å². The lowest BCUT2D eigenvalue weighted by atomic mass is 10.2. The van der Waals surface area contributed by atoms with Crippen molar-refractivity contribution < 1.29 is 10.2 Å². The minimum Gasteiger partial charge on any atom is -0.508 e. The van der Waals surface area contributed by atoms with Crippen molar-refractivity contribution in [3.8, 4) is 23.6 Å². The van der Waals surface area contributed by atoms with Crippen LogP contribution in [0.2, 0.25) is 0 Å². The smallest absolute Gasteiger partial charge is 0.116 e. The largest absolute Gasteiger partial charge is 0.508 e. The van der Waals surface area contributed by atoms with E-state index in [-0.39, 0.29) is 11.5 Å². The Morgan fingerprint density at radius 3 is 2.05 bits per heavy atom. The first-order valence-electron chi connectivity index (χ1n) is 5.14. The number of nitriles is 2. The molecule has 2 aromatic carbocycles. The third-order valence-corrected chi connectivity index (χ3v) is 2.74. The van der Waals surface area contributed by atoms with Crippen molar-refractivity contribution in [2.75, 3.05) is 0 Å². The number of aromatic hydroxyl groups is 2. The maximum absolute atomic E-state index is 8.90. The Balaban J connectivity index is 0.000000191. The molecular weight excluding hydrogens is 308 g/mol. The zero-order valence-electron chi connectivity index (χ0n) is 9.71. The number of nitrogens with zero attached hydrogens (tertiary/aromatic N) is 2. The zero-order valence-corrected chi connectivity index (χ0v) is 11.3. The zero-order chi connectivity index (χ0) is 14.3. The van der Waals surface area contributed by atoms with Crippen molar-refractivity contribution in [2.24, 2.45) is 0 Å². The number of rotatable bonds is 0. The maximum Gasteiger partial charge on any atom is 0.116 e. The van der Waals surface area contributed by atoms with E-state index in [2.05, 4.69) is 15.9 Å². The van der Waals surface area contributed by atoms with Gasteiger partial charge in [0, 0.05) is 4.47 Å². The quantitative estimate of drug-likeness (QED) is 0.780. The number of phenolic OH excluding ortho intramolecular Hbond substituents is 2. The SMILES string of the molecule is N#Cc1cc(O)ccc1Br.N#Cc1cccc(O)c1. The van der Waals surface area contributed by atoms with Crippen LogP contribution < -0.4 is 0 Å². The van der Waals surface area contributed by atoms with Crippen molar-refractivity contribution in [2.45, 2.75) is 0 Å². The van der Waals surface area contributed by atoms with Crippen LogP contribution in [0.15, 0.2) is 46.9 Å². The molecule has 0 aliphatic carbocycles. The second-order valence-electron chi connectivity index (χ2n) is 3.44. The molecule has 0 aliphatic heterocycles. The van der Waals surface area contributed by atoms with Crippen LogP contribution in [0.3, 0.4) is 0 Å². The van der Waals surface area contributed by atoms with E-state index in [4.69, 9.17) is 20.7 Å². The van der Waals surface area contributed by atoms with Gasteiger partial charge in [0.2, 0.25) is 0 Å². The van der Waals surface area contributed by atoms with Crippen LogP contribution in [0.5, 0.6) is 11.5 Å². The third kappa shape index (κ3) is 4.71. The van der Waals surface area contributed by atoms with Gasteiger partial charge in [-0.1, -0.05) is 6.07 Å². The summed E-state index contributed by atoms with van der Waals surface area (Å²) in [5.41, 5.74) is 0.926. The number of hydrogen-bond acceptors (Lipinski definition) is 4. The summed E-state index contributed by atoms with van der Waals surface area (Å²) in [5.74, 6) is 0.244. The molecule has 2 aromatic rings. The number of hydrogen-bond donors (Lipinski definition) is 2. The summed E-state index contributed by atoms with van der Waals surface area (Å²) >= 11 is 3.16. The minimum atomic E-state index is 0.111. The van der Waals surface area contributed by atoms with Crippen molar-refractivity contribution >= 4 is 15.9 Å². The summed E-state index contributed by atoms with van der Waals surface area (Å²) in [6.45, 7) is 0. The topological polar surface area (TPSA) is 88.0 Å². The van der Waals surface area contributed by atoms with Gasteiger partial charge in [0.05, 0.1) is 17.2 Å². The molecule has 0 heterocycles. The summed E-state index contributed by atoms with van der Waals surface area (Å²) in [6, 6.07) is 14.6. The monoisotopic (exact) mass is 316 g/mol. The molecule has 2 N–H and O–H groups in total. The Morgan fingerprint density at radius 2 is 1.58 bits per heavy atom. The first kappa shape index (κ1) is 14.6. The normalized spacial score (nSPS) is 8.58. The Labute approximate surface area is 118 Å². The Kier molecular flexibility index (Phi) is 5.40. The lowest BCUT2D eigenvalue weighted by Gasteiger charge is -1.93. The fraction of sp³-hybridized carbons (Fsp3) is 0. The highest BCUT2D eigenvalue weighted by Crippen LogP contribution is 2.20. The average Bonchev–Trinajstić information content (AvgIpc) is 2.42. The van der Waals surface area contributed by atoms with Crippen LogP contribution >= 0.6 is 15.9 Å². The van der Waals surface area contributed by atoms with E-state index in [0.717, 1.165) is 0 Å². The van der Waals surface area contributed by atoms with Crippen LogP contribution in [0.25, 0.3) is 0 Å². The molecule has 19 heavy (non-hydrogen) atoms. The first-order chi connectivity index (χ1) is 9.06. The Hall–Kier alpha value is -2.50. The van der Waals surface area contributed by atoms with E-state index >= 15 is 0 Å². The van der Waals surface area contributed by atoms with E-state index in [9.17, 15) is 0 Å². The van der Waals surface area contributed by atoms with Gasteiger partial charge in [0.25, 0.3) is 0 Å². The molecule has 2 rings (SSSR count). The molecular formula is C14H9BrN2O2. The van der Waals surface area contributed by atoms with Gasteiger partial charge < -0.3 is 10.2 Å². The minimum absolute atomic E-state index is 0.111. The summed E-state index contributed by atoms with van der Waals surface area (Å²) in [7, 11) is 0. The third-order valence-electron chi connectivity index (χ3n) is 2.05. The molecule has 5 heteroatoms. The molecule has 4 nitrogen and oxygen atoms in total. The van der Waals surface area contributed by atoms with Gasteiger partial charge in [-0.05, 0) is 52.3 Å². The summed E-state index contributed by atoms with van der Waals surface area (Å²) < 4.78 is 0.702. The van der Waals surface area contributed by atoms with Gasteiger partial charge in [0.1, 0.15) is 17.6 Å². The second-order valence-corrected chi connectivity index (χ2v) is 4.29. The number of halogens is 1. The highest BCUT2D eigenvalue weighted by molar-refractivity contribution is 9.10. The van der Waals surface area contributed by atoms with E-state index in [0.29, 0.717) is 15.6 Å². The lowest BCUT2D eigenvalue weighted by Crippen LogP contribution is -1.74. The van der Waals surface area contributed by atoms with Gasteiger partial charge >= 0.3 is 0 Å². The Bertz CT molecular complexity index is 657. The molecule has 94 valence electrons.